The van der Waals surface area contributed by atoms with E-state index >= 15 is 0 Å². The number of hydrogen-bond donors (Lipinski definition) is 3. The number of carbonyl (C=O) groups is 6. The highest BCUT2D eigenvalue weighted by Gasteiger charge is 2.11. The van der Waals surface area contributed by atoms with Crippen LogP contribution in [-0.2, 0) is 28.8 Å². The van der Waals surface area contributed by atoms with Gasteiger partial charge >= 0.3 is 0 Å². The highest BCUT2D eigenvalue weighted by molar-refractivity contribution is 6.09. The standard InChI is InChI=1S/C8H10O5.C6H6O3.C4H6O3/c1-5(9)2-6(10)3-7(11)4-8(12)13;7-4-1-5(8)3-6(9)2-4;1-3(5)2-4(6)7/h2-4H2,1H3,(H,12,13);1-3,7-9H;2H2,1H3,(H,6,7)/p-2. The molecule has 0 bridgehead atoms. The van der Waals surface area contributed by atoms with Gasteiger partial charge in [0.05, 0.1) is 12.8 Å². The Morgan fingerprint density at radius 1 is 0.621 bits per heavy atom. The van der Waals surface area contributed by atoms with E-state index in [1.807, 2.05) is 0 Å². The summed E-state index contributed by atoms with van der Waals surface area (Å²) >= 11 is 0. The fourth-order valence-electron chi connectivity index (χ4n) is 1.57. The molecule has 11 nitrogen and oxygen atoms in total. The first-order valence-electron chi connectivity index (χ1n) is 7.86. The predicted octanol–water partition coefficient (Wildman–Crippen LogP) is -1.85. The molecule has 0 aromatic heterocycles. The van der Waals surface area contributed by atoms with Crippen LogP contribution in [0.2, 0.25) is 0 Å². The fraction of sp³-hybridized carbons (Fsp3) is 0.333. The average molecular weight is 412 g/mol. The van der Waals surface area contributed by atoms with Gasteiger partial charge in [0.1, 0.15) is 40.4 Å². The normalized spacial score (nSPS) is 9.03. The maximum atomic E-state index is 10.8. The van der Waals surface area contributed by atoms with Crippen molar-refractivity contribution < 1.29 is 54.3 Å². The summed E-state index contributed by atoms with van der Waals surface area (Å²) in [6.07, 6.45) is -2.07. The minimum atomic E-state index is -1.51. The summed E-state index contributed by atoms with van der Waals surface area (Å²) in [5.74, 6) is -5.27. The topological polar surface area (TPSA) is 209 Å². The largest absolute Gasteiger partial charge is 0.550 e. The molecule has 0 saturated heterocycles. The second-order valence-corrected chi connectivity index (χ2v) is 5.64. The zero-order valence-corrected chi connectivity index (χ0v) is 15.7. The van der Waals surface area contributed by atoms with Gasteiger partial charge in [0, 0.05) is 43.0 Å². The molecule has 0 aliphatic heterocycles. The van der Waals surface area contributed by atoms with Crippen LogP contribution in [0, 0.1) is 0 Å². The highest BCUT2D eigenvalue weighted by Crippen LogP contribution is 2.23. The van der Waals surface area contributed by atoms with Gasteiger partial charge in [-0.2, -0.15) is 0 Å². The quantitative estimate of drug-likeness (QED) is 0.403. The van der Waals surface area contributed by atoms with Gasteiger partial charge in [-0.25, -0.2) is 0 Å². The van der Waals surface area contributed by atoms with Gasteiger partial charge in [0.25, 0.3) is 0 Å². The van der Waals surface area contributed by atoms with Crippen LogP contribution in [0.15, 0.2) is 18.2 Å². The van der Waals surface area contributed by atoms with Gasteiger partial charge in [0.2, 0.25) is 0 Å². The summed E-state index contributed by atoms with van der Waals surface area (Å²) in [5, 5.41) is 45.4. The van der Waals surface area contributed by atoms with Crippen molar-refractivity contribution in [3.8, 4) is 17.2 Å². The predicted molar refractivity (Wildman–Crippen MR) is 91.3 cm³/mol. The number of carbonyl (C=O) groups excluding carboxylic acids is 6. The molecule has 1 rings (SSSR count). The molecule has 11 heteroatoms. The third-order valence-corrected chi connectivity index (χ3v) is 2.46. The van der Waals surface area contributed by atoms with Gasteiger partial charge in [0.15, 0.2) is 0 Å². The Morgan fingerprint density at radius 3 is 1.17 bits per heavy atom. The van der Waals surface area contributed by atoms with Crippen LogP contribution in [0.25, 0.3) is 0 Å². The Morgan fingerprint density at radius 2 is 0.931 bits per heavy atom. The van der Waals surface area contributed by atoms with E-state index in [9.17, 15) is 39.0 Å². The molecular formula is C18H20O11-2. The van der Waals surface area contributed by atoms with Crippen LogP contribution in [0.5, 0.6) is 17.2 Å². The Kier molecular flexibility index (Phi) is 13.6. The maximum Gasteiger partial charge on any atom is 0.147 e. The molecule has 29 heavy (non-hydrogen) atoms. The van der Waals surface area contributed by atoms with Crippen LogP contribution in [-0.4, -0.2) is 50.4 Å². The Labute approximate surface area is 165 Å². The van der Waals surface area contributed by atoms with Crippen molar-refractivity contribution in [3.05, 3.63) is 18.2 Å². The number of phenolic OH excluding ortho intramolecular Hbond substituents is 3. The Bertz CT molecular complexity index is 677. The molecule has 0 aliphatic carbocycles. The first kappa shape index (κ1) is 27.5. The van der Waals surface area contributed by atoms with E-state index in [1.165, 1.54) is 13.8 Å². The molecule has 0 atom stereocenters. The Hall–Kier alpha value is -3.76. The van der Waals surface area contributed by atoms with E-state index < -0.39 is 42.8 Å². The van der Waals surface area contributed by atoms with E-state index in [1.54, 1.807) is 0 Å². The summed E-state index contributed by atoms with van der Waals surface area (Å²) in [6.45, 7) is 2.43. The molecular weight excluding hydrogens is 392 g/mol. The third-order valence-electron chi connectivity index (χ3n) is 2.46. The second-order valence-electron chi connectivity index (χ2n) is 5.64. The highest BCUT2D eigenvalue weighted by atomic mass is 16.4. The van der Waals surface area contributed by atoms with Crippen LogP contribution in [0.4, 0.5) is 0 Å². The summed E-state index contributed by atoms with van der Waals surface area (Å²) in [4.78, 5) is 61.1. The molecule has 160 valence electrons. The van der Waals surface area contributed by atoms with Gasteiger partial charge in [-0.15, -0.1) is 0 Å². The molecule has 1 aromatic rings. The molecule has 0 radical (unpaired) electrons. The first-order valence-corrected chi connectivity index (χ1v) is 7.86. The number of rotatable bonds is 8. The molecule has 0 fully saturated rings. The van der Waals surface area contributed by atoms with Crippen molar-refractivity contribution in [3.63, 3.8) is 0 Å². The number of aromatic hydroxyl groups is 3. The maximum absolute atomic E-state index is 10.8. The molecule has 3 N–H and O–H groups in total. The molecule has 0 spiro atoms. The fourth-order valence-corrected chi connectivity index (χ4v) is 1.57. The van der Waals surface area contributed by atoms with E-state index in [0.717, 1.165) is 18.2 Å². The van der Waals surface area contributed by atoms with Crippen LogP contribution < -0.4 is 10.2 Å². The number of hydrogen-bond acceptors (Lipinski definition) is 11. The van der Waals surface area contributed by atoms with Crippen LogP contribution in [0.3, 0.4) is 0 Å². The molecule has 0 amide bonds. The summed E-state index contributed by atoms with van der Waals surface area (Å²) in [5.41, 5.74) is 0. The molecule has 0 unspecified atom stereocenters. The van der Waals surface area contributed by atoms with Gasteiger partial charge in [-0.05, 0) is 13.8 Å². The number of Topliss-reactive ketones (excluding diaryl/α,β-unsaturated/α-hetero) is 4. The van der Waals surface area contributed by atoms with E-state index in [2.05, 4.69) is 0 Å². The average Bonchev–Trinajstić information content (AvgIpc) is 2.42. The lowest BCUT2D eigenvalue weighted by Crippen LogP contribution is -2.26. The number of benzene rings is 1. The van der Waals surface area contributed by atoms with Crippen LogP contribution >= 0.6 is 0 Å². The minimum absolute atomic E-state index is 0.146. The van der Waals surface area contributed by atoms with Crippen molar-refractivity contribution in [1.82, 2.24) is 0 Å². The number of carboxylic acid groups (broad SMARTS) is 2. The zero-order chi connectivity index (χ0) is 23.1. The monoisotopic (exact) mass is 412 g/mol. The smallest absolute Gasteiger partial charge is 0.147 e. The third kappa shape index (κ3) is 20.4. The molecule has 0 saturated carbocycles. The van der Waals surface area contributed by atoms with E-state index in [0.29, 0.717) is 0 Å². The molecule has 0 heterocycles. The van der Waals surface area contributed by atoms with Crippen molar-refractivity contribution in [2.24, 2.45) is 0 Å². The van der Waals surface area contributed by atoms with Gasteiger partial charge in [-0.3, -0.25) is 19.2 Å². The summed E-state index contributed by atoms with van der Waals surface area (Å²) in [7, 11) is 0. The number of carboxylic acids is 2. The van der Waals surface area contributed by atoms with Crippen molar-refractivity contribution >= 4 is 35.1 Å². The lowest BCUT2D eigenvalue weighted by Gasteiger charge is -1.99. The molecule has 0 aliphatic rings. The van der Waals surface area contributed by atoms with E-state index in [4.69, 9.17) is 15.3 Å². The number of ketones is 4. The zero-order valence-electron chi connectivity index (χ0n) is 15.7. The van der Waals surface area contributed by atoms with Crippen LogP contribution in [0.1, 0.15) is 39.5 Å². The lowest BCUT2D eigenvalue weighted by atomic mass is 10.1. The van der Waals surface area contributed by atoms with Gasteiger partial charge in [-0.1, -0.05) is 0 Å². The SMILES string of the molecule is CC(=O)CC(=O)CC(=O)CC(=O)[O-].CC(=O)CC(=O)[O-].Oc1cc(O)cc(O)c1. The lowest BCUT2D eigenvalue weighted by molar-refractivity contribution is -0.306. The number of aliphatic carboxylic acids is 2. The van der Waals surface area contributed by atoms with Crippen molar-refractivity contribution in [1.29, 1.82) is 0 Å². The van der Waals surface area contributed by atoms with E-state index in [-0.39, 0.29) is 35.2 Å². The van der Waals surface area contributed by atoms with Gasteiger partial charge < -0.3 is 35.1 Å². The summed E-state index contributed by atoms with van der Waals surface area (Å²) < 4.78 is 0. The number of phenols is 3. The first-order chi connectivity index (χ1) is 13.2. The summed E-state index contributed by atoms with van der Waals surface area (Å²) in [6, 6.07) is 3.42. The van der Waals surface area contributed by atoms with Crippen molar-refractivity contribution in [2.45, 2.75) is 39.5 Å². The Balaban J connectivity index is 0. The minimum Gasteiger partial charge on any atom is -0.550 e. The second kappa shape index (κ2) is 14.3. The van der Waals surface area contributed by atoms with Crippen molar-refractivity contribution in [2.75, 3.05) is 0 Å². The molecule has 1 aromatic carbocycles.